The minimum Gasteiger partial charge on any atom is -0.380 e. The maximum Gasteiger partial charge on any atom is 0.221 e. The van der Waals surface area contributed by atoms with Gasteiger partial charge in [0, 0.05) is 26.1 Å². The monoisotopic (exact) mass is 236 g/mol. The highest BCUT2D eigenvalue weighted by Gasteiger charge is 2.08. The zero-order chi connectivity index (χ0) is 12.7. The second-order valence-electron chi connectivity index (χ2n) is 4.14. The lowest BCUT2D eigenvalue weighted by Crippen LogP contribution is -2.30. The molecule has 1 amide bonds. The Morgan fingerprint density at radius 3 is 2.65 bits per heavy atom. The Morgan fingerprint density at radius 1 is 1.41 bits per heavy atom. The van der Waals surface area contributed by atoms with Crippen LogP contribution in [0.15, 0.2) is 24.3 Å². The van der Waals surface area contributed by atoms with Crippen molar-refractivity contribution in [1.82, 2.24) is 5.32 Å². The van der Waals surface area contributed by atoms with Crippen LogP contribution in [-0.2, 0) is 22.7 Å². The molecule has 94 valence electrons. The summed E-state index contributed by atoms with van der Waals surface area (Å²) in [4.78, 5) is 10.9. The minimum atomic E-state index is -0.275. The summed E-state index contributed by atoms with van der Waals surface area (Å²) < 4.78 is 5.13. The smallest absolute Gasteiger partial charge is 0.221 e. The van der Waals surface area contributed by atoms with Crippen LogP contribution in [0.3, 0.4) is 0 Å². The molecule has 1 atom stereocenters. The van der Waals surface area contributed by atoms with E-state index < -0.39 is 0 Å². The Bertz CT molecular complexity index is 366. The third-order valence-corrected chi connectivity index (χ3v) is 2.67. The first-order valence-electron chi connectivity index (χ1n) is 5.71. The predicted molar refractivity (Wildman–Crippen MR) is 67.2 cm³/mol. The average Bonchev–Trinajstić information content (AvgIpc) is 2.31. The summed E-state index contributed by atoms with van der Waals surface area (Å²) in [5.74, 6) is -0.424. The Kier molecular flexibility index (Phi) is 5.66. The summed E-state index contributed by atoms with van der Waals surface area (Å²) >= 11 is 0. The van der Waals surface area contributed by atoms with E-state index in [0.717, 1.165) is 12.1 Å². The second-order valence-corrected chi connectivity index (χ2v) is 4.14. The molecule has 4 heteroatoms. The normalized spacial score (nSPS) is 12.4. The Morgan fingerprint density at radius 2 is 2.06 bits per heavy atom. The van der Waals surface area contributed by atoms with Crippen LogP contribution in [0.4, 0.5) is 0 Å². The van der Waals surface area contributed by atoms with E-state index in [9.17, 15) is 4.79 Å². The minimum absolute atomic E-state index is 0.149. The van der Waals surface area contributed by atoms with Crippen LogP contribution in [0.1, 0.15) is 18.1 Å². The van der Waals surface area contributed by atoms with Crippen molar-refractivity contribution in [3.8, 4) is 0 Å². The molecule has 17 heavy (non-hydrogen) atoms. The van der Waals surface area contributed by atoms with Gasteiger partial charge in [-0.1, -0.05) is 31.2 Å². The lowest BCUT2D eigenvalue weighted by atomic mass is 10.1. The van der Waals surface area contributed by atoms with Gasteiger partial charge in [0.25, 0.3) is 0 Å². The molecule has 1 aromatic rings. The summed E-state index contributed by atoms with van der Waals surface area (Å²) in [6.45, 7) is 3.73. The molecule has 0 aliphatic carbocycles. The molecule has 0 spiro atoms. The molecule has 4 nitrogen and oxygen atoms in total. The fraction of sp³-hybridized carbons (Fsp3) is 0.462. The van der Waals surface area contributed by atoms with Gasteiger partial charge in [-0.05, 0) is 11.1 Å². The van der Waals surface area contributed by atoms with Crippen molar-refractivity contribution in [2.24, 2.45) is 11.7 Å². The van der Waals surface area contributed by atoms with Crippen LogP contribution in [0.5, 0.6) is 0 Å². The van der Waals surface area contributed by atoms with E-state index in [1.54, 1.807) is 7.11 Å². The fourth-order valence-corrected chi connectivity index (χ4v) is 1.55. The number of hydrogen-bond acceptors (Lipinski definition) is 3. The van der Waals surface area contributed by atoms with E-state index in [4.69, 9.17) is 10.5 Å². The molecule has 1 rings (SSSR count). The maximum atomic E-state index is 10.9. The van der Waals surface area contributed by atoms with Crippen molar-refractivity contribution in [3.05, 3.63) is 35.4 Å². The molecule has 1 aromatic carbocycles. The number of nitrogens with two attached hydrogens (primary N) is 1. The molecular weight excluding hydrogens is 216 g/mol. The quantitative estimate of drug-likeness (QED) is 0.743. The van der Waals surface area contributed by atoms with E-state index in [1.807, 2.05) is 25.1 Å². The zero-order valence-corrected chi connectivity index (χ0v) is 10.4. The van der Waals surface area contributed by atoms with Crippen molar-refractivity contribution in [3.63, 3.8) is 0 Å². The molecule has 0 radical (unpaired) electrons. The molecule has 0 aromatic heterocycles. The van der Waals surface area contributed by atoms with E-state index >= 15 is 0 Å². The number of amides is 1. The fourth-order valence-electron chi connectivity index (χ4n) is 1.55. The van der Waals surface area contributed by atoms with E-state index in [2.05, 4.69) is 11.4 Å². The highest BCUT2D eigenvalue weighted by atomic mass is 16.5. The first-order chi connectivity index (χ1) is 8.15. The van der Waals surface area contributed by atoms with Crippen LogP contribution in [0, 0.1) is 5.92 Å². The van der Waals surface area contributed by atoms with Crippen LogP contribution in [-0.4, -0.2) is 19.6 Å². The summed E-state index contributed by atoms with van der Waals surface area (Å²) in [5, 5.41) is 3.23. The van der Waals surface area contributed by atoms with Gasteiger partial charge in [0.1, 0.15) is 0 Å². The summed E-state index contributed by atoms with van der Waals surface area (Å²) in [5.41, 5.74) is 7.54. The number of hydrogen-bond donors (Lipinski definition) is 2. The number of rotatable bonds is 7. The van der Waals surface area contributed by atoms with Crippen LogP contribution >= 0.6 is 0 Å². The number of primary amides is 1. The standard InChI is InChI=1S/C13H20N2O2/c1-10(13(14)16)7-15-8-11-5-3-4-6-12(11)9-17-2/h3-6,10,15H,7-9H2,1-2H3,(H2,14,16). The number of carbonyl (C=O) groups is 1. The summed E-state index contributed by atoms with van der Waals surface area (Å²) in [6.07, 6.45) is 0. The SMILES string of the molecule is COCc1ccccc1CNCC(C)C(N)=O. The lowest BCUT2D eigenvalue weighted by Gasteiger charge is -2.12. The maximum absolute atomic E-state index is 10.9. The number of methoxy groups -OCH3 is 1. The highest BCUT2D eigenvalue weighted by molar-refractivity contribution is 5.76. The number of nitrogens with one attached hydrogen (secondary N) is 1. The van der Waals surface area contributed by atoms with Crippen LogP contribution in [0.2, 0.25) is 0 Å². The van der Waals surface area contributed by atoms with Gasteiger partial charge in [0.2, 0.25) is 5.91 Å². The lowest BCUT2D eigenvalue weighted by molar-refractivity contribution is -0.121. The summed E-state index contributed by atoms with van der Waals surface area (Å²) in [6, 6.07) is 8.08. The average molecular weight is 236 g/mol. The van der Waals surface area contributed by atoms with E-state index in [0.29, 0.717) is 13.2 Å². The van der Waals surface area contributed by atoms with Gasteiger partial charge < -0.3 is 15.8 Å². The van der Waals surface area contributed by atoms with Crippen molar-refractivity contribution >= 4 is 5.91 Å². The molecular formula is C13H20N2O2. The Hall–Kier alpha value is -1.39. The van der Waals surface area contributed by atoms with E-state index in [1.165, 1.54) is 5.56 Å². The van der Waals surface area contributed by atoms with Crippen molar-refractivity contribution in [1.29, 1.82) is 0 Å². The van der Waals surface area contributed by atoms with Gasteiger partial charge in [-0.25, -0.2) is 0 Å². The highest BCUT2D eigenvalue weighted by Crippen LogP contribution is 2.09. The summed E-state index contributed by atoms with van der Waals surface area (Å²) in [7, 11) is 1.68. The van der Waals surface area contributed by atoms with Crippen LogP contribution in [0.25, 0.3) is 0 Å². The predicted octanol–water partition coefficient (Wildman–Crippen LogP) is 1.04. The molecule has 0 fully saturated rings. The molecule has 0 aliphatic heterocycles. The van der Waals surface area contributed by atoms with E-state index in [-0.39, 0.29) is 11.8 Å². The first-order valence-corrected chi connectivity index (χ1v) is 5.71. The third-order valence-electron chi connectivity index (χ3n) is 2.67. The topological polar surface area (TPSA) is 64.3 Å². The molecule has 0 aliphatic rings. The van der Waals surface area contributed by atoms with Gasteiger partial charge in [0.15, 0.2) is 0 Å². The number of carbonyl (C=O) groups excluding carboxylic acids is 1. The van der Waals surface area contributed by atoms with Gasteiger partial charge in [-0.15, -0.1) is 0 Å². The van der Waals surface area contributed by atoms with Crippen molar-refractivity contribution in [2.45, 2.75) is 20.1 Å². The third kappa shape index (κ3) is 4.54. The number of ether oxygens (including phenoxy) is 1. The Balaban J connectivity index is 2.48. The van der Waals surface area contributed by atoms with Gasteiger partial charge in [-0.2, -0.15) is 0 Å². The molecule has 0 saturated heterocycles. The van der Waals surface area contributed by atoms with Crippen LogP contribution < -0.4 is 11.1 Å². The van der Waals surface area contributed by atoms with Gasteiger partial charge in [0.05, 0.1) is 6.61 Å². The molecule has 3 N–H and O–H groups in total. The molecule has 1 unspecified atom stereocenters. The molecule has 0 heterocycles. The first kappa shape index (κ1) is 13.7. The van der Waals surface area contributed by atoms with Crippen molar-refractivity contribution < 1.29 is 9.53 Å². The number of benzene rings is 1. The molecule has 0 saturated carbocycles. The largest absolute Gasteiger partial charge is 0.380 e. The second kappa shape index (κ2) is 7.04. The zero-order valence-electron chi connectivity index (χ0n) is 10.4. The van der Waals surface area contributed by atoms with Crippen molar-refractivity contribution in [2.75, 3.05) is 13.7 Å². The molecule has 0 bridgehead atoms. The van der Waals surface area contributed by atoms with Gasteiger partial charge in [-0.3, -0.25) is 4.79 Å². The van der Waals surface area contributed by atoms with Gasteiger partial charge >= 0.3 is 0 Å². The Labute approximate surface area is 102 Å².